The van der Waals surface area contributed by atoms with Crippen LogP contribution in [0, 0.1) is 0 Å². The first-order valence-electron chi connectivity index (χ1n) is 11.2. The first-order chi connectivity index (χ1) is 16.7. The minimum atomic E-state index is -4.48. The van der Waals surface area contributed by atoms with Crippen molar-refractivity contribution in [3.8, 4) is 11.1 Å². The number of Topliss-reactive ketones (excluding diaryl/α,β-unsaturated/α-hetero) is 1. The monoisotopic (exact) mass is 478 g/mol. The van der Waals surface area contributed by atoms with Gasteiger partial charge >= 0.3 is 6.18 Å². The van der Waals surface area contributed by atoms with Crippen LogP contribution in [0.15, 0.2) is 72.8 Å². The van der Waals surface area contributed by atoms with Gasteiger partial charge in [0.25, 0.3) is 11.8 Å². The molecular formula is C27H21F3N2O3. The third-order valence-corrected chi connectivity index (χ3v) is 6.55. The highest BCUT2D eigenvalue weighted by Crippen LogP contribution is 2.33. The van der Waals surface area contributed by atoms with Crippen molar-refractivity contribution in [3.05, 3.63) is 95.1 Å². The Morgan fingerprint density at radius 3 is 2.34 bits per heavy atom. The van der Waals surface area contributed by atoms with Gasteiger partial charge in [-0.2, -0.15) is 13.2 Å². The van der Waals surface area contributed by atoms with E-state index in [1.54, 1.807) is 53.4 Å². The van der Waals surface area contributed by atoms with E-state index in [-0.39, 0.29) is 43.7 Å². The van der Waals surface area contributed by atoms with Gasteiger partial charge in [0.15, 0.2) is 5.78 Å². The molecule has 0 unspecified atom stereocenters. The zero-order chi connectivity index (χ0) is 24.7. The Hall–Kier alpha value is -3.94. The number of piperazine rings is 1. The molecule has 5 rings (SSSR count). The smallest absolute Gasteiger partial charge is 0.334 e. The number of nitrogens with zero attached hydrogens (tertiary/aromatic N) is 2. The third-order valence-electron chi connectivity index (χ3n) is 6.55. The Morgan fingerprint density at radius 2 is 1.60 bits per heavy atom. The van der Waals surface area contributed by atoms with Gasteiger partial charge in [-0.25, -0.2) is 0 Å². The third kappa shape index (κ3) is 4.32. The van der Waals surface area contributed by atoms with Gasteiger partial charge in [-0.3, -0.25) is 14.4 Å². The number of fused-ring (bicyclic) bond motifs is 2. The Balaban J connectivity index is 1.43. The zero-order valence-electron chi connectivity index (χ0n) is 18.6. The molecule has 2 heterocycles. The molecule has 0 saturated carbocycles. The normalized spacial score (nSPS) is 18.1. The summed E-state index contributed by atoms with van der Waals surface area (Å²) in [5, 5.41) is 0. The molecule has 3 aromatic carbocycles. The maximum absolute atomic E-state index is 13.5. The van der Waals surface area contributed by atoms with Crippen LogP contribution < -0.4 is 0 Å². The molecule has 2 aliphatic rings. The molecule has 0 aliphatic carbocycles. The van der Waals surface area contributed by atoms with E-state index < -0.39 is 17.8 Å². The fourth-order valence-electron chi connectivity index (χ4n) is 4.69. The van der Waals surface area contributed by atoms with E-state index in [1.807, 2.05) is 6.07 Å². The van der Waals surface area contributed by atoms with Crippen LogP contribution in [-0.4, -0.2) is 53.1 Å². The molecular weight excluding hydrogens is 457 g/mol. The molecule has 2 amide bonds. The van der Waals surface area contributed by atoms with Crippen molar-refractivity contribution in [2.75, 3.05) is 19.6 Å². The fraction of sp³-hybridized carbons (Fsp3) is 0.222. The van der Waals surface area contributed by atoms with Crippen LogP contribution in [0.1, 0.15) is 31.8 Å². The van der Waals surface area contributed by atoms with Gasteiger partial charge in [-0.1, -0.05) is 42.5 Å². The molecule has 0 radical (unpaired) electrons. The van der Waals surface area contributed by atoms with Crippen LogP contribution in [0.3, 0.4) is 0 Å². The second-order valence-electron chi connectivity index (χ2n) is 8.73. The van der Waals surface area contributed by atoms with Crippen LogP contribution in [0.4, 0.5) is 13.2 Å². The van der Waals surface area contributed by atoms with E-state index in [0.29, 0.717) is 27.8 Å². The highest BCUT2D eigenvalue weighted by molar-refractivity contribution is 6.04. The lowest BCUT2D eigenvalue weighted by atomic mass is 9.95. The van der Waals surface area contributed by atoms with Crippen molar-refractivity contribution in [1.29, 1.82) is 0 Å². The summed E-state index contributed by atoms with van der Waals surface area (Å²) in [6, 6.07) is 17.7. The Labute approximate surface area is 199 Å². The van der Waals surface area contributed by atoms with Crippen molar-refractivity contribution in [2.24, 2.45) is 0 Å². The summed E-state index contributed by atoms with van der Waals surface area (Å²) in [5.74, 6) is -0.718. The number of alkyl halides is 3. The van der Waals surface area contributed by atoms with Gasteiger partial charge in [0.2, 0.25) is 0 Å². The summed E-state index contributed by atoms with van der Waals surface area (Å²) < 4.78 is 39.5. The largest absolute Gasteiger partial charge is 0.416 e. The van der Waals surface area contributed by atoms with Gasteiger partial charge in [0, 0.05) is 37.2 Å². The predicted molar refractivity (Wildman–Crippen MR) is 123 cm³/mol. The van der Waals surface area contributed by atoms with E-state index in [4.69, 9.17) is 0 Å². The first-order valence-corrected chi connectivity index (χ1v) is 11.2. The molecule has 0 spiro atoms. The summed E-state index contributed by atoms with van der Waals surface area (Å²) in [5.41, 5.74) is 1.38. The second kappa shape index (κ2) is 8.69. The maximum Gasteiger partial charge on any atom is 0.416 e. The Morgan fingerprint density at radius 1 is 0.857 bits per heavy atom. The molecule has 3 aromatic rings. The predicted octanol–water partition coefficient (Wildman–Crippen LogP) is 4.46. The number of amides is 2. The van der Waals surface area contributed by atoms with Crippen LogP contribution >= 0.6 is 0 Å². The Kier molecular flexibility index (Phi) is 5.67. The maximum atomic E-state index is 13.5. The minimum Gasteiger partial charge on any atom is -0.334 e. The molecule has 0 N–H and O–H groups in total. The SMILES string of the molecule is O=C1Cc2ccc(-c3cccc(C(F)(F)F)c3)cc2C(=O)N2CCN(C(=O)c3ccccc3)C[C@H]12. The topological polar surface area (TPSA) is 57.7 Å². The molecule has 8 heteroatoms. The highest BCUT2D eigenvalue weighted by atomic mass is 19.4. The molecule has 1 fully saturated rings. The van der Waals surface area contributed by atoms with Crippen LogP contribution in [-0.2, 0) is 17.4 Å². The number of carbonyl (C=O) groups excluding carboxylic acids is 3. The number of rotatable bonds is 2. The van der Waals surface area contributed by atoms with Crippen molar-refractivity contribution in [2.45, 2.75) is 18.6 Å². The van der Waals surface area contributed by atoms with Gasteiger partial charge in [0.05, 0.1) is 5.56 Å². The lowest BCUT2D eigenvalue weighted by Crippen LogP contribution is -2.58. The number of benzene rings is 3. The van der Waals surface area contributed by atoms with E-state index in [9.17, 15) is 27.6 Å². The number of carbonyl (C=O) groups is 3. The van der Waals surface area contributed by atoms with Gasteiger partial charge in [0.1, 0.15) is 6.04 Å². The Bertz CT molecular complexity index is 1320. The quantitative estimate of drug-likeness (QED) is 0.547. The van der Waals surface area contributed by atoms with Crippen molar-refractivity contribution in [1.82, 2.24) is 9.80 Å². The average Bonchev–Trinajstić information content (AvgIpc) is 2.97. The summed E-state index contributed by atoms with van der Waals surface area (Å²) in [7, 11) is 0. The summed E-state index contributed by atoms with van der Waals surface area (Å²) >= 11 is 0. The molecule has 0 bridgehead atoms. The molecule has 1 saturated heterocycles. The van der Waals surface area contributed by atoms with Crippen molar-refractivity contribution < 1.29 is 27.6 Å². The number of halogens is 3. The van der Waals surface area contributed by atoms with E-state index >= 15 is 0 Å². The second-order valence-corrected chi connectivity index (χ2v) is 8.73. The molecule has 5 nitrogen and oxygen atoms in total. The number of hydrogen-bond donors (Lipinski definition) is 0. The zero-order valence-corrected chi connectivity index (χ0v) is 18.6. The lowest BCUT2D eigenvalue weighted by Gasteiger charge is -2.39. The summed E-state index contributed by atoms with van der Waals surface area (Å²) in [6.45, 7) is 0.583. The molecule has 1 atom stereocenters. The van der Waals surface area contributed by atoms with Crippen molar-refractivity contribution in [3.63, 3.8) is 0 Å². The van der Waals surface area contributed by atoms with E-state index in [0.717, 1.165) is 12.1 Å². The standard InChI is InChI=1S/C27H21F3N2O3/c28-27(29,30)21-8-4-7-18(13-21)19-9-10-20-15-24(33)23-16-31(25(34)17-5-2-1-3-6-17)11-12-32(23)26(35)22(20)14-19/h1-10,13-14,23H,11-12,15-16H2/t23-/m1/s1. The lowest BCUT2D eigenvalue weighted by molar-refractivity contribution is -0.137. The fourth-order valence-corrected chi connectivity index (χ4v) is 4.69. The highest BCUT2D eigenvalue weighted by Gasteiger charge is 2.40. The van der Waals surface area contributed by atoms with Crippen LogP contribution in [0.2, 0.25) is 0 Å². The molecule has 178 valence electrons. The van der Waals surface area contributed by atoms with E-state index in [2.05, 4.69) is 0 Å². The molecule has 2 aliphatic heterocycles. The molecule has 0 aromatic heterocycles. The first kappa shape index (κ1) is 22.8. The number of hydrogen-bond acceptors (Lipinski definition) is 3. The van der Waals surface area contributed by atoms with Crippen molar-refractivity contribution >= 4 is 17.6 Å². The average molecular weight is 478 g/mol. The van der Waals surface area contributed by atoms with E-state index in [1.165, 1.54) is 11.0 Å². The van der Waals surface area contributed by atoms with Gasteiger partial charge in [-0.05, 0) is 47.0 Å². The summed E-state index contributed by atoms with van der Waals surface area (Å²) in [6.07, 6.45) is -4.47. The van der Waals surface area contributed by atoms with Gasteiger partial charge < -0.3 is 9.80 Å². The number of ketones is 1. The van der Waals surface area contributed by atoms with Crippen LogP contribution in [0.5, 0.6) is 0 Å². The summed E-state index contributed by atoms with van der Waals surface area (Å²) in [4.78, 5) is 42.5. The molecule has 35 heavy (non-hydrogen) atoms. The van der Waals surface area contributed by atoms with Gasteiger partial charge in [-0.15, -0.1) is 0 Å². The minimum absolute atomic E-state index is 0.0124. The van der Waals surface area contributed by atoms with Crippen LogP contribution in [0.25, 0.3) is 11.1 Å².